The number of benzene rings is 3. The smallest absolute Gasteiger partial charge is 0.269 e. The van der Waals surface area contributed by atoms with Gasteiger partial charge in [-0.2, -0.15) is 0 Å². The average Bonchev–Trinajstić information content (AvgIpc) is 2.79. The van der Waals surface area contributed by atoms with E-state index in [1.54, 1.807) is 36.4 Å². The third kappa shape index (κ3) is 4.46. The zero-order valence-corrected chi connectivity index (χ0v) is 16.9. The lowest BCUT2D eigenvalue weighted by Gasteiger charge is -2.13. The summed E-state index contributed by atoms with van der Waals surface area (Å²) in [5, 5.41) is 14.3. The third-order valence-corrected chi connectivity index (χ3v) is 5.39. The summed E-state index contributed by atoms with van der Waals surface area (Å²) in [6.07, 6.45) is 0. The van der Waals surface area contributed by atoms with E-state index in [0.717, 1.165) is 11.8 Å². The molecule has 4 rings (SSSR count). The summed E-state index contributed by atoms with van der Waals surface area (Å²) in [6.45, 7) is 0. The van der Waals surface area contributed by atoms with Crippen LogP contribution in [0.4, 0.5) is 11.4 Å². The Kier molecular flexibility index (Phi) is 5.76. The molecule has 0 aliphatic rings. The van der Waals surface area contributed by atoms with Crippen molar-refractivity contribution < 1.29 is 9.72 Å². The van der Waals surface area contributed by atoms with Gasteiger partial charge in [-0.05, 0) is 36.4 Å². The summed E-state index contributed by atoms with van der Waals surface area (Å²) in [5.74, 6) is -0.310. The first-order valence-electron chi connectivity index (χ1n) is 9.27. The number of hydrogen-bond acceptors (Lipinski definition) is 6. The molecule has 1 N–H and O–H groups in total. The first kappa shape index (κ1) is 20.3. The van der Waals surface area contributed by atoms with Gasteiger partial charge < -0.3 is 5.32 Å². The van der Waals surface area contributed by atoms with Gasteiger partial charge in [-0.25, -0.2) is 4.98 Å². The maximum atomic E-state index is 13.1. The summed E-state index contributed by atoms with van der Waals surface area (Å²) in [4.78, 5) is 40.4. The number of fused-ring (bicyclic) bond motifs is 1. The lowest BCUT2D eigenvalue weighted by molar-refractivity contribution is -0.384. The zero-order valence-electron chi connectivity index (χ0n) is 16.1. The minimum atomic E-state index is -0.504. The van der Waals surface area contributed by atoms with Crippen molar-refractivity contribution in [3.63, 3.8) is 0 Å². The molecule has 0 radical (unpaired) electrons. The molecule has 1 aromatic heterocycles. The highest BCUT2D eigenvalue weighted by atomic mass is 32.2. The molecule has 0 aliphatic heterocycles. The van der Waals surface area contributed by atoms with Crippen molar-refractivity contribution in [1.29, 1.82) is 0 Å². The van der Waals surface area contributed by atoms with Crippen LogP contribution in [0.5, 0.6) is 0 Å². The summed E-state index contributed by atoms with van der Waals surface area (Å²) in [7, 11) is 0. The van der Waals surface area contributed by atoms with Crippen molar-refractivity contribution in [2.24, 2.45) is 0 Å². The average molecular weight is 432 g/mol. The molecule has 0 fully saturated rings. The molecule has 31 heavy (non-hydrogen) atoms. The van der Waals surface area contributed by atoms with Gasteiger partial charge in [0.2, 0.25) is 5.91 Å². The quantitative estimate of drug-likeness (QED) is 0.213. The molecule has 0 atom stereocenters. The van der Waals surface area contributed by atoms with E-state index < -0.39 is 4.92 Å². The van der Waals surface area contributed by atoms with Crippen molar-refractivity contribution in [1.82, 2.24) is 9.55 Å². The molecule has 8 nitrogen and oxygen atoms in total. The van der Waals surface area contributed by atoms with E-state index >= 15 is 0 Å². The van der Waals surface area contributed by atoms with Crippen LogP contribution in [0, 0.1) is 10.1 Å². The molecule has 9 heteroatoms. The Morgan fingerprint density at radius 1 is 1.00 bits per heavy atom. The number of carbonyl (C=O) groups is 1. The highest BCUT2D eigenvalue weighted by Crippen LogP contribution is 2.22. The van der Waals surface area contributed by atoms with Gasteiger partial charge in [0, 0.05) is 17.8 Å². The fraction of sp³-hybridized carbons (Fsp3) is 0.0455. The van der Waals surface area contributed by atoms with E-state index in [4.69, 9.17) is 0 Å². The number of nitrogens with one attached hydrogen (secondary N) is 1. The molecule has 0 saturated heterocycles. The van der Waals surface area contributed by atoms with Crippen LogP contribution < -0.4 is 10.9 Å². The van der Waals surface area contributed by atoms with Crippen LogP contribution >= 0.6 is 11.8 Å². The third-order valence-electron chi connectivity index (χ3n) is 4.45. The molecule has 3 aromatic carbocycles. The highest BCUT2D eigenvalue weighted by Gasteiger charge is 2.15. The number of thioether (sulfide) groups is 1. The Labute approximate surface area is 180 Å². The highest BCUT2D eigenvalue weighted by molar-refractivity contribution is 7.99. The number of anilines is 1. The van der Waals surface area contributed by atoms with E-state index in [1.165, 1.54) is 28.8 Å². The largest absolute Gasteiger partial charge is 0.325 e. The van der Waals surface area contributed by atoms with Crippen LogP contribution in [0.1, 0.15) is 0 Å². The molecule has 1 amide bonds. The van der Waals surface area contributed by atoms with Gasteiger partial charge in [-0.1, -0.05) is 42.1 Å². The molecule has 0 spiro atoms. The zero-order chi connectivity index (χ0) is 21.8. The molecule has 4 aromatic rings. The number of non-ortho nitro benzene ring substituents is 1. The van der Waals surface area contributed by atoms with Crippen molar-refractivity contribution in [2.45, 2.75) is 5.16 Å². The van der Waals surface area contributed by atoms with Crippen molar-refractivity contribution in [2.75, 3.05) is 11.1 Å². The topological polar surface area (TPSA) is 107 Å². The molecular weight excluding hydrogens is 416 g/mol. The van der Waals surface area contributed by atoms with Crippen LogP contribution in [0.3, 0.4) is 0 Å². The van der Waals surface area contributed by atoms with Gasteiger partial charge in [0.05, 0.1) is 27.3 Å². The Morgan fingerprint density at radius 2 is 1.68 bits per heavy atom. The fourth-order valence-corrected chi connectivity index (χ4v) is 3.82. The minimum Gasteiger partial charge on any atom is -0.325 e. The SMILES string of the molecule is O=C(CSc1nc2ccccc2c(=O)n1-c1ccccc1)Nc1ccc([N+](=O)[O-])cc1. The lowest BCUT2D eigenvalue weighted by Crippen LogP contribution is -2.22. The van der Waals surface area contributed by atoms with E-state index in [9.17, 15) is 19.7 Å². The number of para-hydroxylation sites is 2. The predicted molar refractivity (Wildman–Crippen MR) is 120 cm³/mol. The van der Waals surface area contributed by atoms with Crippen molar-refractivity contribution >= 4 is 39.9 Å². The molecule has 0 aliphatic carbocycles. The van der Waals surface area contributed by atoms with Crippen LogP contribution in [0.2, 0.25) is 0 Å². The normalized spacial score (nSPS) is 10.7. The number of amides is 1. The van der Waals surface area contributed by atoms with Crippen molar-refractivity contribution in [3.8, 4) is 5.69 Å². The molecule has 154 valence electrons. The molecule has 0 bridgehead atoms. The fourth-order valence-electron chi connectivity index (χ4n) is 3.01. The van der Waals surface area contributed by atoms with Crippen LogP contribution in [-0.2, 0) is 4.79 Å². The Morgan fingerprint density at radius 3 is 2.39 bits per heavy atom. The van der Waals surface area contributed by atoms with E-state index in [-0.39, 0.29) is 22.9 Å². The maximum absolute atomic E-state index is 13.1. The van der Waals surface area contributed by atoms with E-state index in [2.05, 4.69) is 10.3 Å². The number of carbonyl (C=O) groups excluding carboxylic acids is 1. The van der Waals surface area contributed by atoms with Gasteiger partial charge in [0.1, 0.15) is 0 Å². The van der Waals surface area contributed by atoms with Crippen LogP contribution in [-0.4, -0.2) is 26.1 Å². The Hall–Kier alpha value is -3.98. The summed E-state index contributed by atoms with van der Waals surface area (Å²) in [6, 6.07) is 21.8. The van der Waals surface area contributed by atoms with Crippen LogP contribution in [0.25, 0.3) is 16.6 Å². The summed E-state index contributed by atoms with van der Waals surface area (Å²) in [5.41, 5.74) is 1.39. The van der Waals surface area contributed by atoms with E-state index in [0.29, 0.717) is 27.4 Å². The Bertz CT molecular complexity index is 1320. The maximum Gasteiger partial charge on any atom is 0.269 e. The van der Waals surface area contributed by atoms with Gasteiger partial charge in [0.15, 0.2) is 5.16 Å². The molecule has 1 heterocycles. The minimum absolute atomic E-state index is 0.00853. The second-order valence-electron chi connectivity index (χ2n) is 6.53. The number of nitro groups is 1. The predicted octanol–water partition coefficient (Wildman–Crippen LogP) is 4.02. The first-order valence-corrected chi connectivity index (χ1v) is 10.3. The summed E-state index contributed by atoms with van der Waals surface area (Å²) >= 11 is 1.14. The second-order valence-corrected chi connectivity index (χ2v) is 7.47. The number of rotatable bonds is 6. The lowest BCUT2D eigenvalue weighted by atomic mass is 10.2. The molecular formula is C22H16N4O4S. The number of hydrogen-bond donors (Lipinski definition) is 1. The summed E-state index contributed by atoms with van der Waals surface area (Å²) < 4.78 is 1.49. The Balaban J connectivity index is 1.59. The van der Waals surface area contributed by atoms with Gasteiger partial charge >= 0.3 is 0 Å². The van der Waals surface area contributed by atoms with Crippen LogP contribution in [0.15, 0.2) is 88.8 Å². The first-order chi connectivity index (χ1) is 15.0. The van der Waals surface area contributed by atoms with Gasteiger partial charge in [-0.15, -0.1) is 0 Å². The molecule has 0 unspecified atom stereocenters. The standard InChI is InChI=1S/C22H16N4O4S/c27-20(23-15-10-12-17(13-11-15)26(29)30)14-31-22-24-19-9-5-4-8-18(19)21(28)25(22)16-6-2-1-3-7-16/h1-13H,14H2,(H,23,27). The monoisotopic (exact) mass is 432 g/mol. The van der Waals surface area contributed by atoms with Crippen molar-refractivity contribution in [3.05, 3.63) is 99.3 Å². The van der Waals surface area contributed by atoms with E-state index in [1.807, 2.05) is 18.2 Å². The second kappa shape index (κ2) is 8.80. The number of aromatic nitrogens is 2. The number of nitrogens with zero attached hydrogens (tertiary/aromatic N) is 3. The van der Waals surface area contributed by atoms with Gasteiger partial charge in [0.25, 0.3) is 11.2 Å². The van der Waals surface area contributed by atoms with Gasteiger partial charge in [-0.3, -0.25) is 24.3 Å². The molecule has 0 saturated carbocycles. The number of nitro benzene ring substituents is 1.